The average Bonchev–Trinajstić information content (AvgIpc) is 3.77. The van der Waals surface area contributed by atoms with Crippen LogP contribution in [0.2, 0.25) is 0 Å². The first-order valence-corrected chi connectivity index (χ1v) is 20.8. The maximum Gasteiger partial charge on any atom is 0.164 e. The van der Waals surface area contributed by atoms with Gasteiger partial charge in [0.25, 0.3) is 0 Å². The van der Waals surface area contributed by atoms with E-state index in [4.69, 9.17) is 15.0 Å². The maximum absolute atomic E-state index is 5.01. The van der Waals surface area contributed by atoms with E-state index in [1.165, 1.54) is 66.8 Å². The number of hydrogen-bond acceptors (Lipinski definition) is 3. The minimum Gasteiger partial charge on any atom is -0.309 e. The van der Waals surface area contributed by atoms with Crippen LogP contribution in [-0.4, -0.2) is 24.1 Å². The fraction of sp³-hybridized carbons (Fsp3) is 0.167. The molecule has 0 spiro atoms. The van der Waals surface area contributed by atoms with Crippen molar-refractivity contribution in [1.82, 2.24) is 24.1 Å². The fourth-order valence-electron chi connectivity index (χ4n) is 10.0. The van der Waals surface area contributed by atoms with Gasteiger partial charge in [0, 0.05) is 43.9 Å². The SMILES string of the molecule is CC1CC(C)(C)c2cccc(-n3c4ccccc4c4cc5c6ccccc6n(-c6ccc(-c7nc(-c8ccccc8)nc(-c8ccccc8)n7)cc6)c5cc43)c2C1(C)C. The van der Waals surface area contributed by atoms with Gasteiger partial charge in [0.05, 0.1) is 27.8 Å². The summed E-state index contributed by atoms with van der Waals surface area (Å²) in [5.74, 6) is 2.48. The van der Waals surface area contributed by atoms with Crippen LogP contribution in [0.1, 0.15) is 52.2 Å². The maximum atomic E-state index is 5.01. The predicted molar refractivity (Wildman–Crippen MR) is 245 cm³/mol. The van der Waals surface area contributed by atoms with Gasteiger partial charge in [-0.1, -0.05) is 144 Å². The highest BCUT2D eigenvalue weighted by molar-refractivity contribution is 6.19. The van der Waals surface area contributed by atoms with Crippen molar-refractivity contribution >= 4 is 43.6 Å². The molecule has 0 N–H and O–H groups in total. The summed E-state index contributed by atoms with van der Waals surface area (Å²) in [6.45, 7) is 12.2. The number of hydrogen-bond donors (Lipinski definition) is 0. The van der Waals surface area contributed by atoms with Gasteiger partial charge in [0.15, 0.2) is 17.5 Å². The van der Waals surface area contributed by atoms with Crippen LogP contribution in [0, 0.1) is 5.92 Å². The van der Waals surface area contributed by atoms with Gasteiger partial charge in [-0.3, -0.25) is 0 Å². The minimum atomic E-state index is 0.00212. The summed E-state index contributed by atoms with van der Waals surface area (Å²) in [6.07, 6.45) is 1.17. The summed E-state index contributed by atoms with van der Waals surface area (Å²) in [6, 6.07) is 58.6. The standard InChI is InChI=1S/C54H45N5/c1-34-33-53(2,3)43-23-16-26-46(49(43)54(34,4)5)59-45-25-15-13-22-40(45)42-31-41-39-21-12-14-24-44(39)58(47(41)32-48(42)59)38-29-27-37(28-30-38)52-56-50(35-17-8-6-9-18-35)55-51(57-52)36-19-10-7-11-20-36/h6-32,34H,33H2,1-5H3. The molecule has 5 heteroatoms. The Bertz CT molecular complexity index is 3180. The van der Waals surface area contributed by atoms with E-state index >= 15 is 0 Å². The Balaban J connectivity index is 1.12. The first kappa shape index (κ1) is 35.3. The Morgan fingerprint density at radius 3 is 1.53 bits per heavy atom. The number of para-hydroxylation sites is 2. The highest BCUT2D eigenvalue weighted by Gasteiger charge is 2.43. The summed E-state index contributed by atoms with van der Waals surface area (Å²) in [7, 11) is 0. The highest BCUT2D eigenvalue weighted by atomic mass is 15.0. The summed E-state index contributed by atoms with van der Waals surface area (Å²) in [4.78, 5) is 14.9. The zero-order valence-corrected chi connectivity index (χ0v) is 34.1. The number of aromatic nitrogens is 5. The van der Waals surface area contributed by atoms with Gasteiger partial charge in [-0.15, -0.1) is 0 Å². The molecule has 3 heterocycles. The van der Waals surface area contributed by atoms with E-state index in [1.54, 1.807) is 0 Å². The van der Waals surface area contributed by atoms with Crippen molar-refractivity contribution in [3.8, 4) is 45.5 Å². The molecule has 1 aliphatic rings. The molecule has 0 saturated heterocycles. The Labute approximate surface area is 344 Å². The molecule has 59 heavy (non-hydrogen) atoms. The number of fused-ring (bicyclic) bond motifs is 7. The molecule has 0 amide bonds. The van der Waals surface area contributed by atoms with Crippen molar-refractivity contribution in [2.75, 3.05) is 0 Å². The molecule has 0 radical (unpaired) electrons. The van der Waals surface area contributed by atoms with E-state index < -0.39 is 0 Å². The lowest BCUT2D eigenvalue weighted by Gasteiger charge is -2.47. The zero-order chi connectivity index (χ0) is 40.0. The molecule has 3 aromatic heterocycles. The van der Waals surface area contributed by atoms with Crippen molar-refractivity contribution in [3.05, 3.63) is 175 Å². The van der Waals surface area contributed by atoms with Gasteiger partial charge >= 0.3 is 0 Å². The summed E-state index contributed by atoms with van der Waals surface area (Å²) in [5.41, 5.74) is 13.0. The van der Waals surface area contributed by atoms with Crippen LogP contribution < -0.4 is 0 Å². The lowest BCUT2D eigenvalue weighted by molar-refractivity contribution is 0.233. The van der Waals surface area contributed by atoms with Gasteiger partial charge in [-0.05, 0) is 88.9 Å². The predicted octanol–water partition coefficient (Wildman–Crippen LogP) is 13.7. The topological polar surface area (TPSA) is 48.5 Å². The second-order valence-corrected chi connectivity index (χ2v) is 17.6. The third-order valence-electron chi connectivity index (χ3n) is 13.3. The van der Waals surface area contributed by atoms with Crippen LogP contribution in [-0.2, 0) is 10.8 Å². The first-order chi connectivity index (χ1) is 28.7. The second kappa shape index (κ2) is 13.1. The van der Waals surface area contributed by atoms with Crippen molar-refractivity contribution in [2.45, 2.75) is 51.9 Å². The average molecular weight is 764 g/mol. The summed E-state index contributed by atoms with van der Waals surface area (Å²) in [5, 5.41) is 5.01. The van der Waals surface area contributed by atoms with Crippen LogP contribution in [0.3, 0.4) is 0 Å². The number of benzene rings is 7. The molecule has 286 valence electrons. The van der Waals surface area contributed by atoms with E-state index in [0.29, 0.717) is 23.4 Å². The highest BCUT2D eigenvalue weighted by Crippen LogP contribution is 2.52. The molecule has 5 nitrogen and oxygen atoms in total. The van der Waals surface area contributed by atoms with Gasteiger partial charge in [0.2, 0.25) is 0 Å². The van der Waals surface area contributed by atoms with Gasteiger partial charge in [0.1, 0.15) is 0 Å². The molecule has 11 rings (SSSR count). The molecule has 0 bridgehead atoms. The molecular weight excluding hydrogens is 719 g/mol. The lowest BCUT2D eigenvalue weighted by Crippen LogP contribution is -2.41. The third kappa shape index (κ3) is 5.48. The molecule has 0 aliphatic heterocycles. The fourth-order valence-corrected chi connectivity index (χ4v) is 10.0. The summed E-state index contributed by atoms with van der Waals surface area (Å²) >= 11 is 0. The molecule has 1 aliphatic carbocycles. The quantitative estimate of drug-likeness (QED) is 0.175. The van der Waals surface area contributed by atoms with E-state index in [1.807, 2.05) is 60.7 Å². The number of nitrogens with zero attached hydrogens (tertiary/aromatic N) is 5. The monoisotopic (exact) mass is 763 g/mol. The van der Waals surface area contributed by atoms with Crippen LogP contribution in [0.15, 0.2) is 164 Å². The van der Waals surface area contributed by atoms with Crippen LogP contribution in [0.4, 0.5) is 0 Å². The molecule has 1 unspecified atom stereocenters. The van der Waals surface area contributed by atoms with Crippen LogP contribution >= 0.6 is 0 Å². The van der Waals surface area contributed by atoms with Crippen molar-refractivity contribution in [3.63, 3.8) is 0 Å². The molecule has 0 saturated carbocycles. The largest absolute Gasteiger partial charge is 0.309 e. The van der Waals surface area contributed by atoms with Crippen molar-refractivity contribution in [1.29, 1.82) is 0 Å². The minimum absolute atomic E-state index is 0.00212. The third-order valence-corrected chi connectivity index (χ3v) is 13.3. The van der Waals surface area contributed by atoms with Gasteiger partial charge in [-0.2, -0.15) is 0 Å². The molecule has 0 fully saturated rings. The molecule has 10 aromatic rings. The molecule has 7 aromatic carbocycles. The smallest absolute Gasteiger partial charge is 0.164 e. The Kier molecular flexibility index (Phi) is 7.83. The summed E-state index contributed by atoms with van der Waals surface area (Å²) < 4.78 is 4.98. The second-order valence-electron chi connectivity index (χ2n) is 17.6. The van der Waals surface area contributed by atoms with E-state index in [0.717, 1.165) is 22.4 Å². The van der Waals surface area contributed by atoms with Gasteiger partial charge in [-0.25, -0.2) is 15.0 Å². The first-order valence-electron chi connectivity index (χ1n) is 20.8. The Morgan fingerprint density at radius 1 is 0.458 bits per heavy atom. The van der Waals surface area contributed by atoms with E-state index in [2.05, 4.69) is 147 Å². The molecule has 1 atom stereocenters. The van der Waals surface area contributed by atoms with E-state index in [9.17, 15) is 0 Å². The van der Waals surface area contributed by atoms with Crippen molar-refractivity contribution in [2.24, 2.45) is 5.92 Å². The van der Waals surface area contributed by atoms with Crippen LogP contribution in [0.5, 0.6) is 0 Å². The Morgan fingerprint density at radius 2 is 0.949 bits per heavy atom. The normalized spacial score (nSPS) is 15.9. The lowest BCUT2D eigenvalue weighted by atomic mass is 9.58. The number of rotatable bonds is 5. The van der Waals surface area contributed by atoms with Crippen LogP contribution in [0.25, 0.3) is 89.2 Å². The Hall–Kier alpha value is -6.85. The zero-order valence-electron chi connectivity index (χ0n) is 34.1. The van der Waals surface area contributed by atoms with Crippen molar-refractivity contribution < 1.29 is 0 Å². The van der Waals surface area contributed by atoms with E-state index in [-0.39, 0.29) is 10.8 Å². The molecular formula is C54H45N5. The van der Waals surface area contributed by atoms with Gasteiger partial charge < -0.3 is 9.13 Å².